The molecule has 26 heavy (non-hydrogen) atoms. The highest BCUT2D eigenvalue weighted by atomic mass is 16.1. The number of H-pyrrole nitrogens is 1. The summed E-state index contributed by atoms with van der Waals surface area (Å²) in [5, 5.41) is 0. The number of nitrogens with one attached hydrogen (secondary N) is 1. The molecular formula is C19H18N6O. The largest absolute Gasteiger partial charge is 0.394 e. The summed E-state index contributed by atoms with van der Waals surface area (Å²) in [6, 6.07) is 13.6. The van der Waals surface area contributed by atoms with E-state index in [1.165, 1.54) is 16.5 Å². The van der Waals surface area contributed by atoms with Gasteiger partial charge in [-0.3, -0.25) is 4.79 Å². The van der Waals surface area contributed by atoms with Gasteiger partial charge in [-0.05, 0) is 30.5 Å². The lowest BCUT2D eigenvalue weighted by Crippen LogP contribution is -2.22. The molecule has 4 aromatic rings. The maximum absolute atomic E-state index is 12.1. The van der Waals surface area contributed by atoms with Crippen LogP contribution in [0.3, 0.4) is 0 Å². The molecule has 7 heteroatoms. The molecule has 0 fully saturated rings. The number of nitrogens with zero attached hydrogens (tertiary/aromatic N) is 4. The van der Waals surface area contributed by atoms with Crippen LogP contribution in [0.15, 0.2) is 59.8 Å². The number of rotatable bonds is 5. The molecule has 0 aliphatic rings. The fourth-order valence-electron chi connectivity index (χ4n) is 2.94. The molecule has 1 aromatic carbocycles. The van der Waals surface area contributed by atoms with Gasteiger partial charge in [0, 0.05) is 6.20 Å². The molecule has 0 aliphatic heterocycles. The second-order valence-electron chi connectivity index (χ2n) is 6.08. The number of aromatic nitrogens is 5. The zero-order valence-electron chi connectivity index (χ0n) is 14.1. The summed E-state index contributed by atoms with van der Waals surface area (Å²) >= 11 is 0. The fourth-order valence-corrected chi connectivity index (χ4v) is 2.94. The van der Waals surface area contributed by atoms with Crippen molar-refractivity contribution in [2.75, 3.05) is 5.73 Å². The minimum atomic E-state index is -0.233. The second-order valence-corrected chi connectivity index (χ2v) is 6.08. The first kappa shape index (κ1) is 16.0. The van der Waals surface area contributed by atoms with Gasteiger partial charge in [0.05, 0.1) is 17.9 Å². The van der Waals surface area contributed by atoms with Gasteiger partial charge in [-0.15, -0.1) is 0 Å². The van der Waals surface area contributed by atoms with Crippen LogP contribution in [-0.4, -0.2) is 24.5 Å². The highest BCUT2D eigenvalue weighted by Crippen LogP contribution is 2.15. The van der Waals surface area contributed by atoms with Crippen molar-refractivity contribution in [3.8, 4) is 0 Å². The second kappa shape index (κ2) is 6.79. The summed E-state index contributed by atoms with van der Waals surface area (Å²) in [6.45, 7) is 0.304. The van der Waals surface area contributed by atoms with Crippen LogP contribution in [0, 0.1) is 0 Å². The summed E-state index contributed by atoms with van der Waals surface area (Å²) in [6.07, 6.45) is 4.88. The Labute approximate surface area is 149 Å². The number of aromatic amines is 1. The fraction of sp³-hybridized carbons (Fsp3) is 0.158. The van der Waals surface area contributed by atoms with Crippen LogP contribution in [0.25, 0.3) is 11.2 Å². The molecule has 0 spiro atoms. The van der Waals surface area contributed by atoms with Crippen molar-refractivity contribution in [1.29, 1.82) is 0 Å². The first-order chi connectivity index (χ1) is 12.7. The molecule has 4 rings (SSSR count). The highest BCUT2D eigenvalue weighted by molar-refractivity contribution is 5.73. The van der Waals surface area contributed by atoms with E-state index in [1.807, 2.05) is 18.2 Å². The molecule has 0 aliphatic carbocycles. The molecule has 130 valence electrons. The Hall–Kier alpha value is -3.48. The normalized spacial score (nSPS) is 11.1. The molecule has 0 bridgehead atoms. The molecule has 0 radical (unpaired) electrons. The maximum Gasteiger partial charge on any atom is 0.274 e. The third-order valence-electron chi connectivity index (χ3n) is 4.28. The number of imidazole rings is 1. The Balaban J connectivity index is 1.61. The van der Waals surface area contributed by atoms with Crippen molar-refractivity contribution in [3.05, 3.63) is 82.4 Å². The quantitative estimate of drug-likeness (QED) is 0.575. The summed E-state index contributed by atoms with van der Waals surface area (Å²) in [4.78, 5) is 28.5. The zero-order valence-corrected chi connectivity index (χ0v) is 14.1. The molecule has 0 unspecified atom stereocenters. The van der Waals surface area contributed by atoms with E-state index in [0.29, 0.717) is 18.0 Å². The lowest BCUT2D eigenvalue weighted by Gasteiger charge is -2.03. The smallest absolute Gasteiger partial charge is 0.274 e. The zero-order chi connectivity index (χ0) is 17.9. The Morgan fingerprint density at radius 1 is 1.04 bits per heavy atom. The summed E-state index contributed by atoms with van der Waals surface area (Å²) in [5.41, 5.74) is 9.25. The standard InChI is InChI=1S/C19H18N6O/c20-14-7-4-10-25(19(14)26)11-16-23-17-15(21-12-22-18(17)24-16)9-8-13-5-2-1-3-6-13/h1-7,10,12H,8-9,11,20H2,(H,21,22,23,24). The van der Waals surface area contributed by atoms with E-state index in [4.69, 9.17) is 5.73 Å². The first-order valence-electron chi connectivity index (χ1n) is 8.38. The van der Waals surface area contributed by atoms with Gasteiger partial charge >= 0.3 is 0 Å². The van der Waals surface area contributed by atoms with Crippen LogP contribution < -0.4 is 11.3 Å². The van der Waals surface area contributed by atoms with Gasteiger partial charge in [0.2, 0.25) is 0 Å². The molecular weight excluding hydrogens is 328 g/mol. The molecule has 0 amide bonds. The number of anilines is 1. The maximum atomic E-state index is 12.1. The molecule has 0 saturated carbocycles. The predicted molar refractivity (Wildman–Crippen MR) is 99.8 cm³/mol. The van der Waals surface area contributed by atoms with Crippen LogP contribution in [0.1, 0.15) is 17.1 Å². The van der Waals surface area contributed by atoms with E-state index >= 15 is 0 Å². The van der Waals surface area contributed by atoms with Crippen molar-refractivity contribution in [2.45, 2.75) is 19.4 Å². The lowest BCUT2D eigenvalue weighted by molar-refractivity contribution is 0.728. The summed E-state index contributed by atoms with van der Waals surface area (Å²) < 4.78 is 1.52. The van der Waals surface area contributed by atoms with E-state index in [2.05, 4.69) is 32.1 Å². The predicted octanol–water partition coefficient (Wildman–Crippen LogP) is 1.93. The van der Waals surface area contributed by atoms with E-state index in [-0.39, 0.29) is 11.2 Å². The van der Waals surface area contributed by atoms with Gasteiger partial charge in [-0.2, -0.15) is 0 Å². The van der Waals surface area contributed by atoms with E-state index in [9.17, 15) is 4.79 Å². The Morgan fingerprint density at radius 2 is 1.88 bits per heavy atom. The number of pyridine rings is 1. The Bertz CT molecular complexity index is 1100. The van der Waals surface area contributed by atoms with Crippen molar-refractivity contribution in [1.82, 2.24) is 24.5 Å². The van der Waals surface area contributed by atoms with Crippen molar-refractivity contribution < 1.29 is 0 Å². The number of hydrogen-bond acceptors (Lipinski definition) is 5. The minimum Gasteiger partial charge on any atom is -0.394 e. The van der Waals surface area contributed by atoms with E-state index in [0.717, 1.165) is 24.1 Å². The highest BCUT2D eigenvalue weighted by Gasteiger charge is 2.11. The van der Waals surface area contributed by atoms with Crippen LogP contribution >= 0.6 is 0 Å². The van der Waals surface area contributed by atoms with Crippen LogP contribution in [-0.2, 0) is 19.4 Å². The van der Waals surface area contributed by atoms with E-state index in [1.54, 1.807) is 18.3 Å². The topological polar surface area (TPSA) is 102 Å². The third kappa shape index (κ3) is 3.19. The molecule has 0 atom stereocenters. The lowest BCUT2D eigenvalue weighted by atomic mass is 10.1. The Kier molecular flexibility index (Phi) is 4.18. The third-order valence-corrected chi connectivity index (χ3v) is 4.28. The summed E-state index contributed by atoms with van der Waals surface area (Å²) in [5.74, 6) is 0.647. The molecule has 7 nitrogen and oxygen atoms in total. The van der Waals surface area contributed by atoms with Gasteiger partial charge in [0.15, 0.2) is 5.65 Å². The number of hydrogen-bond donors (Lipinski definition) is 2. The van der Waals surface area contributed by atoms with Crippen LogP contribution in [0.4, 0.5) is 5.69 Å². The molecule has 0 saturated heterocycles. The van der Waals surface area contributed by atoms with Gasteiger partial charge in [-0.1, -0.05) is 30.3 Å². The Morgan fingerprint density at radius 3 is 2.73 bits per heavy atom. The van der Waals surface area contributed by atoms with Gasteiger partial charge in [-0.25, -0.2) is 15.0 Å². The number of nitrogens with two attached hydrogens (primary N) is 1. The number of fused-ring (bicyclic) bond motifs is 1. The number of benzene rings is 1. The average molecular weight is 346 g/mol. The van der Waals surface area contributed by atoms with Gasteiger partial charge < -0.3 is 15.3 Å². The average Bonchev–Trinajstić information content (AvgIpc) is 3.08. The van der Waals surface area contributed by atoms with Gasteiger partial charge in [0.25, 0.3) is 5.56 Å². The molecule has 3 N–H and O–H groups in total. The van der Waals surface area contributed by atoms with Gasteiger partial charge in [0.1, 0.15) is 17.7 Å². The minimum absolute atomic E-state index is 0.215. The monoisotopic (exact) mass is 346 g/mol. The van der Waals surface area contributed by atoms with Crippen LogP contribution in [0.5, 0.6) is 0 Å². The summed E-state index contributed by atoms with van der Waals surface area (Å²) in [7, 11) is 0. The van der Waals surface area contributed by atoms with E-state index < -0.39 is 0 Å². The van der Waals surface area contributed by atoms with Crippen molar-refractivity contribution in [3.63, 3.8) is 0 Å². The van der Waals surface area contributed by atoms with Crippen molar-refractivity contribution >= 4 is 16.9 Å². The first-order valence-corrected chi connectivity index (χ1v) is 8.38. The van der Waals surface area contributed by atoms with Crippen LogP contribution in [0.2, 0.25) is 0 Å². The SMILES string of the molecule is Nc1cccn(Cc2nc3ncnc(CCc4ccccc4)c3[nH]2)c1=O. The molecule has 3 heterocycles. The number of aryl methyl sites for hydroxylation is 2. The number of nitrogen functional groups attached to an aromatic ring is 1. The molecule has 3 aromatic heterocycles. The van der Waals surface area contributed by atoms with Crippen molar-refractivity contribution in [2.24, 2.45) is 0 Å².